The van der Waals surface area contributed by atoms with Gasteiger partial charge in [0.05, 0.1) is 0 Å². The number of ether oxygens (including phenoxy) is 1. The van der Waals surface area contributed by atoms with Gasteiger partial charge in [0, 0.05) is 60.8 Å². The van der Waals surface area contributed by atoms with Gasteiger partial charge < -0.3 is 13.6 Å². The molecule has 0 saturated heterocycles. The molecule has 6 heteroatoms. The van der Waals surface area contributed by atoms with Crippen molar-refractivity contribution in [3.05, 3.63) is 157 Å². The maximum absolute atomic E-state index is 6.71. The minimum atomic E-state index is 0.0109. The highest BCUT2D eigenvalue weighted by Crippen LogP contribution is 2.44. The van der Waals surface area contributed by atoms with Gasteiger partial charge in [-0.3, -0.25) is 0 Å². The van der Waals surface area contributed by atoms with Gasteiger partial charge in [-0.25, -0.2) is 15.0 Å². The number of aromatic nitrogens is 3. The summed E-state index contributed by atoms with van der Waals surface area (Å²) >= 11 is 0. The lowest BCUT2D eigenvalue weighted by Gasteiger charge is -2.13. The molecule has 2 aliphatic rings. The maximum Gasteiger partial charge on any atom is 0.164 e. The minimum absolute atomic E-state index is 0.0109. The van der Waals surface area contributed by atoms with Gasteiger partial charge in [-0.15, -0.1) is 0 Å². The van der Waals surface area contributed by atoms with Crippen molar-refractivity contribution in [2.45, 2.75) is 12.0 Å². The molecule has 3 aromatic heterocycles. The third-order valence-corrected chi connectivity index (χ3v) is 10.1. The van der Waals surface area contributed by atoms with Crippen LogP contribution in [-0.4, -0.2) is 21.1 Å². The number of nitrogens with zero attached hydrogens (tertiary/aromatic N) is 3. The molecule has 0 amide bonds. The number of para-hydroxylation sites is 3. The van der Waals surface area contributed by atoms with Crippen LogP contribution in [0.4, 0.5) is 0 Å². The zero-order chi connectivity index (χ0) is 33.5. The zero-order valence-corrected chi connectivity index (χ0v) is 27.2. The molecule has 6 nitrogen and oxygen atoms in total. The van der Waals surface area contributed by atoms with Gasteiger partial charge in [-0.05, 0) is 30.3 Å². The van der Waals surface area contributed by atoms with Gasteiger partial charge in [-0.1, -0.05) is 121 Å². The number of hydrogen-bond donors (Lipinski definition) is 0. The van der Waals surface area contributed by atoms with Crippen molar-refractivity contribution in [2.75, 3.05) is 0 Å². The third-order valence-electron chi connectivity index (χ3n) is 10.1. The van der Waals surface area contributed by atoms with Crippen molar-refractivity contribution in [1.82, 2.24) is 15.0 Å². The van der Waals surface area contributed by atoms with E-state index in [9.17, 15) is 0 Å². The van der Waals surface area contributed by atoms with Crippen LogP contribution >= 0.6 is 0 Å². The van der Waals surface area contributed by atoms with Crippen LogP contribution in [0.2, 0.25) is 0 Å². The van der Waals surface area contributed by atoms with Crippen LogP contribution in [0, 0.1) is 0 Å². The van der Waals surface area contributed by atoms with Crippen molar-refractivity contribution >= 4 is 43.9 Å². The molecule has 4 heterocycles. The smallest absolute Gasteiger partial charge is 0.164 e. The first-order valence-corrected chi connectivity index (χ1v) is 17.1. The van der Waals surface area contributed by atoms with Gasteiger partial charge in [0.1, 0.15) is 34.2 Å². The van der Waals surface area contributed by atoms with Gasteiger partial charge in [0.15, 0.2) is 17.5 Å². The predicted octanol–water partition coefficient (Wildman–Crippen LogP) is 11.3. The van der Waals surface area contributed by atoms with Gasteiger partial charge in [0.2, 0.25) is 0 Å². The van der Waals surface area contributed by atoms with E-state index in [0.717, 1.165) is 77.4 Å². The lowest BCUT2D eigenvalue weighted by molar-refractivity contribution is 0.269. The molecule has 9 aromatic rings. The molecule has 1 aliphatic heterocycles. The summed E-state index contributed by atoms with van der Waals surface area (Å²) in [5.41, 5.74) is 9.05. The van der Waals surface area contributed by atoms with E-state index in [4.69, 9.17) is 28.5 Å². The average molecular weight is 658 g/mol. The molecule has 0 saturated carbocycles. The Bertz CT molecular complexity index is 2920. The van der Waals surface area contributed by atoms with Gasteiger partial charge in [0.25, 0.3) is 0 Å². The number of allylic oxidation sites excluding steroid dienone is 2. The Morgan fingerprint density at radius 3 is 1.84 bits per heavy atom. The average Bonchev–Trinajstić information content (AvgIpc) is 3.88. The normalized spacial score (nSPS) is 16.2. The van der Waals surface area contributed by atoms with E-state index >= 15 is 0 Å². The fourth-order valence-electron chi connectivity index (χ4n) is 7.64. The molecule has 240 valence electrons. The fourth-order valence-corrected chi connectivity index (χ4v) is 7.64. The SMILES string of the molecule is C1=CC2Oc3cc(-c4nc(-c5ccccc5)nc(-c5ccc6c(c5)oc5c(-c7cccc8c7oc7ccccc78)cccc56)n4)ccc3C2C=C1. The molecule has 0 fully saturated rings. The second-order valence-corrected chi connectivity index (χ2v) is 13.1. The van der Waals surface area contributed by atoms with Crippen LogP contribution in [0.15, 0.2) is 161 Å². The van der Waals surface area contributed by atoms with E-state index in [-0.39, 0.29) is 12.0 Å². The van der Waals surface area contributed by atoms with E-state index < -0.39 is 0 Å². The molecule has 0 radical (unpaired) electrons. The van der Waals surface area contributed by atoms with Crippen molar-refractivity contribution < 1.29 is 13.6 Å². The number of benzene rings is 6. The number of rotatable bonds is 4. The monoisotopic (exact) mass is 657 g/mol. The molecule has 0 bridgehead atoms. The van der Waals surface area contributed by atoms with Crippen molar-refractivity contribution in [1.29, 1.82) is 0 Å². The molecule has 1 aliphatic carbocycles. The van der Waals surface area contributed by atoms with Gasteiger partial charge in [-0.2, -0.15) is 0 Å². The summed E-state index contributed by atoms with van der Waals surface area (Å²) in [6.45, 7) is 0. The molecule has 6 aromatic carbocycles. The topological polar surface area (TPSA) is 74.2 Å². The molecule has 11 rings (SSSR count). The van der Waals surface area contributed by atoms with Crippen molar-refractivity contribution in [3.63, 3.8) is 0 Å². The fraction of sp³-hybridized carbons (Fsp3) is 0.0444. The first-order valence-electron chi connectivity index (χ1n) is 17.1. The third kappa shape index (κ3) is 4.40. The molecule has 0 spiro atoms. The molecular weight excluding hydrogens is 631 g/mol. The predicted molar refractivity (Wildman–Crippen MR) is 202 cm³/mol. The molecular formula is C45H27N3O3. The van der Waals surface area contributed by atoms with E-state index in [1.165, 1.54) is 5.56 Å². The molecule has 51 heavy (non-hydrogen) atoms. The molecule has 0 N–H and O–H groups in total. The lowest BCUT2D eigenvalue weighted by atomic mass is 9.91. The number of hydrogen-bond acceptors (Lipinski definition) is 6. The second-order valence-electron chi connectivity index (χ2n) is 13.1. The molecule has 2 unspecified atom stereocenters. The Morgan fingerprint density at radius 2 is 1.06 bits per heavy atom. The van der Waals surface area contributed by atoms with E-state index in [2.05, 4.69) is 91.0 Å². The Balaban J connectivity index is 1.05. The standard InChI is InChI=1S/C45H27N3O3/c1-2-10-26(11-3-1)43-46-44(27-20-22-31-29-12-4-6-18-37(29)49-39(31)24-27)48-45(47-43)28-21-23-32-34-15-9-17-36(42(34)51-40(32)25-28)35-16-8-14-33-30-13-5-7-19-38(30)50-41(33)35/h1-25,29,37H. The van der Waals surface area contributed by atoms with Crippen LogP contribution in [-0.2, 0) is 0 Å². The van der Waals surface area contributed by atoms with Gasteiger partial charge >= 0.3 is 0 Å². The quantitative estimate of drug-likeness (QED) is 0.187. The first kappa shape index (κ1) is 28.1. The highest BCUT2D eigenvalue weighted by atomic mass is 16.5. The summed E-state index contributed by atoms with van der Waals surface area (Å²) in [6, 6.07) is 43.2. The maximum atomic E-state index is 6.71. The highest BCUT2D eigenvalue weighted by molar-refractivity contribution is 6.15. The summed E-state index contributed by atoms with van der Waals surface area (Å²) in [5.74, 6) is 2.82. The first-order chi connectivity index (χ1) is 25.2. The highest BCUT2D eigenvalue weighted by Gasteiger charge is 2.32. The summed E-state index contributed by atoms with van der Waals surface area (Å²) in [7, 11) is 0. The van der Waals surface area contributed by atoms with Crippen LogP contribution in [0.5, 0.6) is 5.75 Å². The second kappa shape index (κ2) is 10.9. The largest absolute Gasteiger partial charge is 0.485 e. The Labute approximate surface area is 292 Å². The van der Waals surface area contributed by atoms with Crippen LogP contribution in [0.3, 0.4) is 0 Å². The lowest BCUT2D eigenvalue weighted by Crippen LogP contribution is -2.15. The summed E-state index contributed by atoms with van der Waals surface area (Å²) in [6.07, 6.45) is 8.44. The zero-order valence-electron chi connectivity index (χ0n) is 27.2. The Morgan fingerprint density at radius 1 is 0.451 bits per heavy atom. The summed E-state index contributed by atoms with van der Waals surface area (Å²) < 4.78 is 19.4. The van der Waals surface area contributed by atoms with E-state index in [0.29, 0.717) is 17.5 Å². The van der Waals surface area contributed by atoms with Crippen molar-refractivity contribution in [3.8, 4) is 51.0 Å². The summed E-state index contributed by atoms with van der Waals surface area (Å²) in [5, 5.41) is 4.24. The number of furan rings is 2. The van der Waals surface area contributed by atoms with Crippen molar-refractivity contribution in [2.24, 2.45) is 0 Å². The van der Waals surface area contributed by atoms with Crippen LogP contribution in [0.25, 0.3) is 89.2 Å². The Hall–Kier alpha value is -6.79. The molecule has 2 atom stereocenters. The Kier molecular flexibility index (Phi) is 5.98. The minimum Gasteiger partial charge on any atom is -0.485 e. The van der Waals surface area contributed by atoms with E-state index in [1.807, 2.05) is 60.7 Å². The van der Waals surface area contributed by atoms with E-state index in [1.54, 1.807) is 0 Å². The van der Waals surface area contributed by atoms with Crippen LogP contribution < -0.4 is 4.74 Å². The van der Waals surface area contributed by atoms with Crippen LogP contribution in [0.1, 0.15) is 11.5 Å². The summed E-state index contributed by atoms with van der Waals surface area (Å²) in [4.78, 5) is 15.0. The number of fused-ring (bicyclic) bond motifs is 9.